The molecular formula is C14H13O. The predicted octanol–water partition coefficient (Wildman–Crippen LogP) is 3.25. The number of benzene rings is 2. The fourth-order valence-electron chi connectivity index (χ4n) is 1.91. The lowest BCUT2D eigenvalue weighted by atomic mass is 9.97. The van der Waals surface area contributed by atoms with Gasteiger partial charge in [-0.05, 0) is 22.8 Å². The minimum absolute atomic E-state index is 0.731. The van der Waals surface area contributed by atoms with Crippen LogP contribution in [0.5, 0.6) is 0 Å². The highest BCUT2D eigenvalue weighted by molar-refractivity contribution is 5.99. The fraction of sp³-hybridized carbons (Fsp3) is 0.214. The Morgan fingerprint density at radius 1 is 1.13 bits per heavy atom. The largest absolute Gasteiger partial charge is 0.285 e. The highest BCUT2D eigenvalue weighted by Crippen LogP contribution is 2.21. The van der Waals surface area contributed by atoms with Crippen molar-refractivity contribution in [1.29, 1.82) is 0 Å². The molecule has 1 nitrogen and oxygen atoms in total. The monoisotopic (exact) mass is 197 g/mol. The summed E-state index contributed by atoms with van der Waals surface area (Å²) < 4.78 is 0. The van der Waals surface area contributed by atoms with Crippen molar-refractivity contribution >= 4 is 17.1 Å². The lowest BCUT2D eigenvalue weighted by Crippen LogP contribution is -1.93. The number of fused-ring (bicyclic) bond motifs is 1. The van der Waals surface area contributed by atoms with E-state index >= 15 is 0 Å². The normalized spacial score (nSPS) is 10.5. The second-order valence-corrected chi connectivity index (χ2v) is 3.67. The summed E-state index contributed by atoms with van der Waals surface area (Å²) in [5.41, 5.74) is 1.83. The number of rotatable bonds is 3. The Morgan fingerprint density at radius 2 is 1.93 bits per heavy atom. The number of hydrogen-bond donors (Lipinski definition) is 0. The summed E-state index contributed by atoms with van der Waals surface area (Å²) in [5.74, 6) is 0. The zero-order chi connectivity index (χ0) is 10.7. The van der Waals surface area contributed by atoms with Crippen molar-refractivity contribution < 1.29 is 4.79 Å². The first kappa shape index (κ1) is 9.91. The summed E-state index contributed by atoms with van der Waals surface area (Å²) in [5, 5.41) is 2.12. The molecule has 0 N–H and O–H groups in total. The van der Waals surface area contributed by atoms with Crippen LogP contribution in [0.3, 0.4) is 0 Å². The van der Waals surface area contributed by atoms with Gasteiger partial charge in [0.2, 0.25) is 6.29 Å². The lowest BCUT2D eigenvalue weighted by molar-refractivity contribution is 0.562. The third kappa shape index (κ3) is 1.78. The molecule has 1 radical (unpaired) electrons. The molecule has 75 valence electrons. The van der Waals surface area contributed by atoms with Crippen LogP contribution < -0.4 is 0 Å². The van der Waals surface area contributed by atoms with Gasteiger partial charge in [-0.25, -0.2) is 0 Å². The summed E-state index contributed by atoms with van der Waals surface area (Å²) in [6, 6.07) is 12.0. The molecule has 0 heterocycles. The molecule has 0 spiro atoms. The summed E-state index contributed by atoms with van der Waals surface area (Å²) in [7, 11) is 0. The van der Waals surface area contributed by atoms with Crippen molar-refractivity contribution in [2.75, 3.05) is 0 Å². The quantitative estimate of drug-likeness (QED) is 0.738. The highest BCUT2D eigenvalue weighted by Gasteiger charge is 2.06. The van der Waals surface area contributed by atoms with E-state index in [0.717, 1.165) is 34.7 Å². The van der Waals surface area contributed by atoms with Crippen LogP contribution in [0.1, 0.15) is 24.5 Å². The van der Waals surface area contributed by atoms with E-state index in [1.165, 1.54) is 0 Å². The minimum Gasteiger partial charge on any atom is -0.285 e. The fourth-order valence-corrected chi connectivity index (χ4v) is 1.91. The van der Waals surface area contributed by atoms with Gasteiger partial charge in [0, 0.05) is 5.56 Å². The molecule has 2 aromatic rings. The first-order chi connectivity index (χ1) is 7.36. The number of carbonyl (C=O) groups excluding carboxylic acids is 1. The van der Waals surface area contributed by atoms with Gasteiger partial charge in [0.05, 0.1) is 0 Å². The molecule has 0 aliphatic carbocycles. The van der Waals surface area contributed by atoms with E-state index in [9.17, 15) is 4.79 Å². The number of aryl methyl sites for hydroxylation is 1. The standard InChI is InChI=1S/C14H13O/c1-2-5-11-8-9-12-6-3-4-7-13(12)14(11)10-15/h3-4,6-9H,2,5H2,1H3. The third-order valence-electron chi connectivity index (χ3n) is 2.64. The van der Waals surface area contributed by atoms with E-state index < -0.39 is 0 Å². The molecule has 0 bridgehead atoms. The summed E-state index contributed by atoms with van der Waals surface area (Å²) in [6.45, 7) is 2.11. The minimum atomic E-state index is 0.731. The summed E-state index contributed by atoms with van der Waals surface area (Å²) in [6.07, 6.45) is 4.06. The van der Waals surface area contributed by atoms with Gasteiger partial charge in [0.1, 0.15) is 0 Å². The molecule has 0 saturated carbocycles. The van der Waals surface area contributed by atoms with Gasteiger partial charge in [0.25, 0.3) is 0 Å². The van der Waals surface area contributed by atoms with Crippen molar-refractivity contribution in [2.45, 2.75) is 19.8 Å². The molecule has 0 aliphatic rings. The van der Waals surface area contributed by atoms with E-state index in [1.807, 2.05) is 30.3 Å². The first-order valence-electron chi connectivity index (χ1n) is 5.25. The van der Waals surface area contributed by atoms with Gasteiger partial charge in [-0.1, -0.05) is 49.7 Å². The van der Waals surface area contributed by atoms with Crippen LogP contribution in [0.25, 0.3) is 10.8 Å². The molecule has 0 aliphatic heterocycles. The predicted molar refractivity (Wildman–Crippen MR) is 62.7 cm³/mol. The van der Waals surface area contributed by atoms with Crippen molar-refractivity contribution in [3.8, 4) is 0 Å². The van der Waals surface area contributed by atoms with Crippen molar-refractivity contribution in [3.63, 3.8) is 0 Å². The maximum absolute atomic E-state index is 11.0. The molecule has 0 atom stereocenters. The Balaban J connectivity index is 2.69. The van der Waals surface area contributed by atoms with E-state index in [2.05, 4.69) is 19.3 Å². The van der Waals surface area contributed by atoms with Crippen LogP contribution in [0.4, 0.5) is 0 Å². The maximum Gasteiger partial charge on any atom is 0.234 e. The first-order valence-corrected chi connectivity index (χ1v) is 5.25. The van der Waals surface area contributed by atoms with E-state index in [1.54, 1.807) is 0 Å². The highest BCUT2D eigenvalue weighted by atomic mass is 16.1. The zero-order valence-electron chi connectivity index (χ0n) is 8.79. The van der Waals surface area contributed by atoms with Crippen molar-refractivity contribution in [1.82, 2.24) is 0 Å². The van der Waals surface area contributed by atoms with E-state index in [4.69, 9.17) is 0 Å². The number of hydrogen-bond acceptors (Lipinski definition) is 1. The Kier molecular flexibility index (Phi) is 2.82. The van der Waals surface area contributed by atoms with Crippen molar-refractivity contribution in [3.05, 3.63) is 47.5 Å². The zero-order valence-corrected chi connectivity index (χ0v) is 8.79. The second-order valence-electron chi connectivity index (χ2n) is 3.67. The molecule has 2 aromatic carbocycles. The molecule has 1 heteroatoms. The van der Waals surface area contributed by atoms with Crippen LogP contribution in [-0.4, -0.2) is 6.29 Å². The van der Waals surface area contributed by atoms with Crippen LogP contribution in [-0.2, 0) is 11.2 Å². The molecular weight excluding hydrogens is 184 g/mol. The molecule has 0 saturated heterocycles. The Hall–Kier alpha value is -1.63. The average molecular weight is 197 g/mol. The smallest absolute Gasteiger partial charge is 0.234 e. The van der Waals surface area contributed by atoms with Gasteiger partial charge in [-0.3, -0.25) is 4.79 Å². The molecule has 0 fully saturated rings. The summed E-state index contributed by atoms with van der Waals surface area (Å²) >= 11 is 0. The lowest BCUT2D eigenvalue weighted by Gasteiger charge is -2.06. The average Bonchev–Trinajstić information content (AvgIpc) is 2.29. The maximum atomic E-state index is 11.0. The van der Waals surface area contributed by atoms with Gasteiger partial charge in [-0.2, -0.15) is 0 Å². The molecule has 15 heavy (non-hydrogen) atoms. The molecule has 2 rings (SSSR count). The van der Waals surface area contributed by atoms with Gasteiger partial charge < -0.3 is 0 Å². The molecule has 0 amide bonds. The SMILES string of the molecule is CCCc1ccc2ccccc2c1[C]=O. The summed E-state index contributed by atoms with van der Waals surface area (Å²) in [4.78, 5) is 11.0. The van der Waals surface area contributed by atoms with Crippen LogP contribution in [0.2, 0.25) is 0 Å². The van der Waals surface area contributed by atoms with Crippen LogP contribution in [0, 0.1) is 0 Å². The molecule has 0 unspecified atom stereocenters. The van der Waals surface area contributed by atoms with Crippen LogP contribution in [0.15, 0.2) is 36.4 Å². The Bertz CT molecular complexity index is 486. The topological polar surface area (TPSA) is 17.1 Å². The van der Waals surface area contributed by atoms with Crippen LogP contribution >= 0.6 is 0 Å². The van der Waals surface area contributed by atoms with Gasteiger partial charge in [-0.15, -0.1) is 0 Å². The second kappa shape index (κ2) is 4.26. The van der Waals surface area contributed by atoms with Crippen molar-refractivity contribution in [2.24, 2.45) is 0 Å². The van der Waals surface area contributed by atoms with E-state index in [0.29, 0.717) is 0 Å². The van der Waals surface area contributed by atoms with Gasteiger partial charge in [0.15, 0.2) is 0 Å². The Labute approximate surface area is 89.7 Å². The Morgan fingerprint density at radius 3 is 2.67 bits per heavy atom. The van der Waals surface area contributed by atoms with Gasteiger partial charge >= 0.3 is 0 Å². The van der Waals surface area contributed by atoms with E-state index in [-0.39, 0.29) is 0 Å². The molecule has 0 aromatic heterocycles. The third-order valence-corrected chi connectivity index (χ3v) is 2.64.